The van der Waals surface area contributed by atoms with Crippen LogP contribution in [0.25, 0.3) is 0 Å². The molecule has 0 radical (unpaired) electrons. The second-order valence-corrected chi connectivity index (χ2v) is 6.79. The van der Waals surface area contributed by atoms with Crippen LogP contribution in [0.3, 0.4) is 0 Å². The number of para-hydroxylation sites is 1. The fraction of sp³-hybridized carbons (Fsp3) is 0.286. The lowest BCUT2D eigenvalue weighted by Crippen LogP contribution is -2.48. The first kappa shape index (κ1) is 19.4. The standard InChI is InChI=1S/C21H24N4O3/c1-15(26)16-7-9-18(10-8-16)24-21(28)25-13-11-19(12-14-25)23-20(27)22-17-5-3-2-4-6-17/h2-10,19H,11-14H2,1H3,(H,24,28)(H2,22,23,27). The van der Waals surface area contributed by atoms with Crippen LogP contribution < -0.4 is 16.0 Å². The summed E-state index contributed by atoms with van der Waals surface area (Å²) in [6.45, 7) is 2.63. The van der Waals surface area contributed by atoms with Crippen LogP contribution in [-0.4, -0.2) is 41.9 Å². The number of benzene rings is 2. The van der Waals surface area contributed by atoms with E-state index in [1.807, 2.05) is 30.3 Å². The van der Waals surface area contributed by atoms with Gasteiger partial charge >= 0.3 is 12.1 Å². The third-order valence-electron chi connectivity index (χ3n) is 4.69. The van der Waals surface area contributed by atoms with Crippen LogP contribution >= 0.6 is 0 Å². The van der Waals surface area contributed by atoms with E-state index in [1.165, 1.54) is 6.92 Å². The van der Waals surface area contributed by atoms with Crippen LogP contribution in [0.2, 0.25) is 0 Å². The minimum atomic E-state index is -0.236. The second kappa shape index (κ2) is 9.03. The van der Waals surface area contributed by atoms with Gasteiger partial charge in [-0.15, -0.1) is 0 Å². The number of nitrogens with zero attached hydrogens (tertiary/aromatic N) is 1. The Morgan fingerprint density at radius 1 is 0.857 bits per heavy atom. The van der Waals surface area contributed by atoms with Crippen molar-refractivity contribution in [2.45, 2.75) is 25.8 Å². The zero-order chi connectivity index (χ0) is 19.9. The van der Waals surface area contributed by atoms with Gasteiger partial charge in [0.2, 0.25) is 0 Å². The maximum atomic E-state index is 12.4. The summed E-state index contributed by atoms with van der Waals surface area (Å²) in [4.78, 5) is 37.5. The number of carbonyl (C=O) groups is 3. The van der Waals surface area contributed by atoms with Gasteiger partial charge in [0.1, 0.15) is 0 Å². The molecule has 3 rings (SSSR count). The number of likely N-dealkylation sites (tertiary alicyclic amines) is 1. The van der Waals surface area contributed by atoms with E-state index in [2.05, 4.69) is 16.0 Å². The SMILES string of the molecule is CC(=O)c1ccc(NC(=O)N2CCC(NC(=O)Nc3ccccc3)CC2)cc1. The molecule has 2 aromatic rings. The number of urea groups is 2. The van der Waals surface area contributed by atoms with Gasteiger partial charge in [-0.3, -0.25) is 4.79 Å². The summed E-state index contributed by atoms with van der Waals surface area (Å²) in [5, 5.41) is 8.60. The minimum absolute atomic E-state index is 0.0104. The normalized spacial score (nSPS) is 14.2. The Kier molecular flexibility index (Phi) is 6.26. The number of hydrogen-bond acceptors (Lipinski definition) is 3. The highest BCUT2D eigenvalue weighted by molar-refractivity contribution is 5.95. The summed E-state index contributed by atoms with van der Waals surface area (Å²) in [6.07, 6.45) is 1.39. The first-order chi connectivity index (χ1) is 13.5. The van der Waals surface area contributed by atoms with E-state index in [0.29, 0.717) is 37.2 Å². The third kappa shape index (κ3) is 5.33. The minimum Gasteiger partial charge on any atom is -0.335 e. The number of rotatable bonds is 4. The Bertz CT molecular complexity index is 828. The number of nitrogens with one attached hydrogen (secondary N) is 3. The number of ketones is 1. The van der Waals surface area contributed by atoms with E-state index in [0.717, 1.165) is 5.69 Å². The topological polar surface area (TPSA) is 90.5 Å². The summed E-state index contributed by atoms with van der Waals surface area (Å²) in [7, 11) is 0. The number of carbonyl (C=O) groups excluding carboxylic acids is 3. The Morgan fingerprint density at radius 2 is 1.46 bits per heavy atom. The summed E-state index contributed by atoms with van der Waals surface area (Å²) in [6, 6.07) is 15.7. The highest BCUT2D eigenvalue weighted by atomic mass is 16.2. The molecule has 0 atom stereocenters. The van der Waals surface area contributed by atoms with Crippen LogP contribution in [-0.2, 0) is 0 Å². The lowest BCUT2D eigenvalue weighted by Gasteiger charge is -2.32. The maximum absolute atomic E-state index is 12.4. The quantitative estimate of drug-likeness (QED) is 0.706. The molecule has 4 amide bonds. The van der Waals surface area contributed by atoms with E-state index < -0.39 is 0 Å². The highest BCUT2D eigenvalue weighted by Gasteiger charge is 2.24. The Balaban J connectivity index is 1.43. The zero-order valence-corrected chi connectivity index (χ0v) is 15.8. The van der Waals surface area contributed by atoms with E-state index in [-0.39, 0.29) is 23.9 Å². The van der Waals surface area contributed by atoms with E-state index in [1.54, 1.807) is 29.2 Å². The summed E-state index contributed by atoms with van der Waals surface area (Å²) >= 11 is 0. The van der Waals surface area contributed by atoms with Gasteiger partial charge < -0.3 is 20.9 Å². The predicted octanol–water partition coefficient (Wildman–Crippen LogP) is 3.71. The molecule has 0 saturated carbocycles. The van der Waals surface area contributed by atoms with Crippen LogP contribution in [0.15, 0.2) is 54.6 Å². The summed E-state index contributed by atoms with van der Waals surface area (Å²) < 4.78 is 0. The smallest absolute Gasteiger partial charge is 0.321 e. The molecule has 0 unspecified atom stereocenters. The fourth-order valence-electron chi connectivity index (χ4n) is 3.09. The molecule has 1 saturated heterocycles. The second-order valence-electron chi connectivity index (χ2n) is 6.79. The molecule has 0 aromatic heterocycles. The molecule has 0 spiro atoms. The molecule has 7 heteroatoms. The first-order valence-electron chi connectivity index (χ1n) is 9.31. The number of amides is 4. The molecule has 1 fully saturated rings. The van der Waals surface area contributed by atoms with Crippen molar-refractivity contribution in [3.63, 3.8) is 0 Å². The van der Waals surface area contributed by atoms with Gasteiger partial charge in [0.15, 0.2) is 5.78 Å². The first-order valence-corrected chi connectivity index (χ1v) is 9.31. The molecule has 3 N–H and O–H groups in total. The number of piperidine rings is 1. The third-order valence-corrected chi connectivity index (χ3v) is 4.69. The molecular formula is C21H24N4O3. The van der Waals surface area contributed by atoms with Crippen LogP contribution in [0.4, 0.5) is 21.0 Å². The lowest BCUT2D eigenvalue weighted by atomic mass is 10.1. The molecule has 0 aliphatic carbocycles. The molecule has 1 aliphatic heterocycles. The van der Waals surface area contributed by atoms with Crippen LogP contribution in [0.5, 0.6) is 0 Å². The molecule has 2 aromatic carbocycles. The summed E-state index contributed by atoms with van der Waals surface area (Å²) in [5.41, 5.74) is 2.00. The molecule has 7 nitrogen and oxygen atoms in total. The monoisotopic (exact) mass is 380 g/mol. The van der Waals surface area contributed by atoms with Crippen molar-refractivity contribution in [3.8, 4) is 0 Å². The lowest BCUT2D eigenvalue weighted by molar-refractivity contribution is 0.101. The van der Waals surface area contributed by atoms with Crippen molar-refractivity contribution in [2.24, 2.45) is 0 Å². The molecule has 146 valence electrons. The molecule has 28 heavy (non-hydrogen) atoms. The highest BCUT2D eigenvalue weighted by Crippen LogP contribution is 2.15. The predicted molar refractivity (Wildman–Crippen MR) is 109 cm³/mol. The molecule has 0 bridgehead atoms. The van der Waals surface area contributed by atoms with Gasteiger partial charge in [-0.05, 0) is 56.2 Å². The fourth-order valence-corrected chi connectivity index (χ4v) is 3.09. The van der Waals surface area contributed by atoms with Crippen molar-refractivity contribution in [1.82, 2.24) is 10.2 Å². The zero-order valence-electron chi connectivity index (χ0n) is 15.8. The average Bonchev–Trinajstić information content (AvgIpc) is 2.69. The van der Waals surface area contributed by atoms with E-state index in [9.17, 15) is 14.4 Å². The molecular weight excluding hydrogens is 356 g/mol. The van der Waals surface area contributed by atoms with Crippen LogP contribution in [0, 0.1) is 0 Å². The Labute approximate surface area is 164 Å². The van der Waals surface area contributed by atoms with Crippen molar-refractivity contribution in [3.05, 3.63) is 60.2 Å². The van der Waals surface area contributed by atoms with Gasteiger partial charge in [0.25, 0.3) is 0 Å². The van der Waals surface area contributed by atoms with E-state index in [4.69, 9.17) is 0 Å². The van der Waals surface area contributed by atoms with Crippen molar-refractivity contribution in [2.75, 3.05) is 23.7 Å². The molecule has 1 heterocycles. The summed E-state index contributed by atoms with van der Waals surface area (Å²) in [5.74, 6) is -0.0104. The van der Waals surface area contributed by atoms with Gasteiger partial charge in [0.05, 0.1) is 0 Å². The van der Waals surface area contributed by atoms with Gasteiger partial charge in [0, 0.05) is 36.1 Å². The number of hydrogen-bond donors (Lipinski definition) is 3. The Hall–Kier alpha value is -3.35. The van der Waals surface area contributed by atoms with E-state index >= 15 is 0 Å². The van der Waals surface area contributed by atoms with Gasteiger partial charge in [-0.25, -0.2) is 9.59 Å². The van der Waals surface area contributed by atoms with Gasteiger partial charge in [-0.1, -0.05) is 18.2 Å². The van der Waals surface area contributed by atoms with Crippen LogP contribution in [0.1, 0.15) is 30.1 Å². The number of anilines is 2. The number of Topliss-reactive ketones (excluding diaryl/α,β-unsaturated/α-hetero) is 1. The largest absolute Gasteiger partial charge is 0.335 e. The maximum Gasteiger partial charge on any atom is 0.321 e. The van der Waals surface area contributed by atoms with Gasteiger partial charge in [-0.2, -0.15) is 0 Å². The molecule has 1 aliphatic rings. The Morgan fingerprint density at radius 3 is 2.07 bits per heavy atom. The average molecular weight is 380 g/mol. The van der Waals surface area contributed by atoms with Crippen molar-refractivity contribution in [1.29, 1.82) is 0 Å². The van der Waals surface area contributed by atoms with Crippen molar-refractivity contribution >= 4 is 29.2 Å². The van der Waals surface area contributed by atoms with Crippen molar-refractivity contribution < 1.29 is 14.4 Å².